The number of aryl methyl sites for hydroxylation is 2. The molecule has 1 N–H and O–H groups in total. The van der Waals surface area contributed by atoms with Crippen molar-refractivity contribution < 1.29 is 14.3 Å². The first-order valence-electron chi connectivity index (χ1n) is 7.48. The maximum atomic E-state index is 12.4. The highest BCUT2D eigenvalue weighted by Gasteiger charge is 2.24. The number of nitrogens with one attached hydrogen (secondary N) is 1. The number of carbonyl (C=O) groups excluding carboxylic acids is 1. The van der Waals surface area contributed by atoms with Crippen LogP contribution in [0.3, 0.4) is 0 Å². The summed E-state index contributed by atoms with van der Waals surface area (Å²) in [5, 5.41) is 2.97. The van der Waals surface area contributed by atoms with Gasteiger partial charge in [0.25, 0.3) is 5.91 Å². The number of para-hydroxylation sites is 1. The van der Waals surface area contributed by atoms with E-state index in [9.17, 15) is 4.79 Å². The van der Waals surface area contributed by atoms with Crippen LogP contribution in [0.2, 0.25) is 0 Å². The molecule has 2 heterocycles. The summed E-state index contributed by atoms with van der Waals surface area (Å²) in [7, 11) is 1.62. The van der Waals surface area contributed by atoms with Crippen LogP contribution in [-0.2, 0) is 6.42 Å². The molecule has 0 bridgehead atoms. The van der Waals surface area contributed by atoms with Gasteiger partial charge in [0, 0.05) is 11.3 Å². The molecule has 2 aromatic rings. The summed E-state index contributed by atoms with van der Waals surface area (Å²) in [6.45, 7) is 4.02. The maximum Gasteiger partial charge on any atom is 0.270 e. The van der Waals surface area contributed by atoms with Crippen LogP contribution in [-0.4, -0.2) is 35.6 Å². The molecule has 23 heavy (non-hydrogen) atoms. The van der Waals surface area contributed by atoms with Gasteiger partial charge >= 0.3 is 0 Å². The fourth-order valence-corrected chi connectivity index (χ4v) is 2.74. The van der Waals surface area contributed by atoms with Gasteiger partial charge in [-0.05, 0) is 32.4 Å². The number of fused-ring (bicyclic) bond motifs is 1. The third kappa shape index (κ3) is 3.26. The number of benzene rings is 1. The third-order valence-corrected chi connectivity index (χ3v) is 3.71. The normalized spacial score (nSPS) is 16.2. The van der Waals surface area contributed by atoms with Crippen LogP contribution >= 0.6 is 0 Å². The molecule has 6 heteroatoms. The van der Waals surface area contributed by atoms with Crippen LogP contribution in [0, 0.1) is 13.8 Å². The first-order valence-corrected chi connectivity index (χ1v) is 7.48. The van der Waals surface area contributed by atoms with Crippen molar-refractivity contribution in [1.82, 2.24) is 15.3 Å². The van der Waals surface area contributed by atoms with Crippen LogP contribution < -0.4 is 14.8 Å². The zero-order valence-corrected chi connectivity index (χ0v) is 13.4. The highest BCUT2D eigenvalue weighted by Crippen LogP contribution is 2.34. The lowest BCUT2D eigenvalue weighted by Crippen LogP contribution is -2.43. The summed E-state index contributed by atoms with van der Waals surface area (Å²) in [4.78, 5) is 20.7. The van der Waals surface area contributed by atoms with Gasteiger partial charge in [-0.25, -0.2) is 9.97 Å². The Hall–Kier alpha value is -2.63. The van der Waals surface area contributed by atoms with Crippen molar-refractivity contribution in [3.63, 3.8) is 0 Å². The largest absolute Gasteiger partial charge is 0.493 e. The van der Waals surface area contributed by atoms with E-state index in [1.165, 1.54) is 0 Å². The summed E-state index contributed by atoms with van der Waals surface area (Å²) in [6, 6.07) is 7.35. The van der Waals surface area contributed by atoms with Crippen molar-refractivity contribution in [3.05, 3.63) is 47.0 Å². The van der Waals surface area contributed by atoms with Crippen LogP contribution in [0.5, 0.6) is 11.5 Å². The van der Waals surface area contributed by atoms with E-state index in [2.05, 4.69) is 15.3 Å². The molecule has 6 nitrogen and oxygen atoms in total. The van der Waals surface area contributed by atoms with Crippen molar-refractivity contribution in [1.29, 1.82) is 0 Å². The van der Waals surface area contributed by atoms with Crippen molar-refractivity contribution in [2.24, 2.45) is 0 Å². The number of nitrogens with zero attached hydrogens (tertiary/aromatic N) is 2. The molecule has 0 aliphatic carbocycles. The number of methoxy groups -OCH3 is 1. The van der Waals surface area contributed by atoms with Gasteiger partial charge in [0.15, 0.2) is 11.5 Å². The van der Waals surface area contributed by atoms with Crippen LogP contribution in [0.1, 0.15) is 27.6 Å². The summed E-state index contributed by atoms with van der Waals surface area (Å²) in [5.41, 5.74) is 2.18. The van der Waals surface area contributed by atoms with Crippen LogP contribution in [0.15, 0.2) is 24.3 Å². The molecule has 1 aliphatic rings. The Morgan fingerprint density at radius 2 is 2.17 bits per heavy atom. The summed E-state index contributed by atoms with van der Waals surface area (Å²) in [6.07, 6.45) is 0.696. The zero-order valence-electron chi connectivity index (χ0n) is 13.4. The molecule has 1 atom stereocenters. The molecule has 3 rings (SSSR count). The minimum Gasteiger partial charge on any atom is -0.493 e. The second kappa shape index (κ2) is 6.24. The van der Waals surface area contributed by atoms with Crippen molar-refractivity contribution >= 4 is 5.91 Å². The van der Waals surface area contributed by atoms with Gasteiger partial charge in [-0.2, -0.15) is 0 Å². The summed E-state index contributed by atoms with van der Waals surface area (Å²) >= 11 is 0. The van der Waals surface area contributed by atoms with Gasteiger partial charge < -0.3 is 14.8 Å². The summed E-state index contributed by atoms with van der Waals surface area (Å²) < 4.78 is 11.1. The van der Waals surface area contributed by atoms with Crippen molar-refractivity contribution in [3.8, 4) is 11.5 Å². The topological polar surface area (TPSA) is 73.3 Å². The molecule has 0 saturated heterocycles. The average Bonchev–Trinajstić information content (AvgIpc) is 2.53. The van der Waals surface area contributed by atoms with Crippen molar-refractivity contribution in [2.75, 3.05) is 13.7 Å². The lowest BCUT2D eigenvalue weighted by molar-refractivity contribution is 0.0909. The number of hydrogen-bond donors (Lipinski definition) is 1. The predicted molar refractivity (Wildman–Crippen MR) is 85.0 cm³/mol. The number of aromatic nitrogens is 2. The average molecular weight is 313 g/mol. The lowest BCUT2D eigenvalue weighted by atomic mass is 10.0. The molecule has 0 spiro atoms. The minimum absolute atomic E-state index is 0.0994. The number of rotatable bonds is 3. The second-order valence-electron chi connectivity index (χ2n) is 5.58. The molecular weight excluding hydrogens is 294 g/mol. The fourth-order valence-electron chi connectivity index (χ4n) is 2.74. The lowest BCUT2D eigenvalue weighted by Gasteiger charge is -2.27. The first-order chi connectivity index (χ1) is 11.1. The van der Waals surface area contributed by atoms with E-state index in [1.807, 2.05) is 25.1 Å². The van der Waals surface area contributed by atoms with Gasteiger partial charge in [0.1, 0.15) is 18.1 Å². The molecular formula is C17H19N3O3. The Morgan fingerprint density at radius 3 is 2.91 bits per heavy atom. The SMILES string of the molecule is COc1cccc2c1OC[C@H](NC(=O)c1cc(C)nc(C)n1)C2. The third-order valence-electron chi connectivity index (χ3n) is 3.71. The fraction of sp³-hybridized carbons (Fsp3) is 0.353. The second-order valence-corrected chi connectivity index (χ2v) is 5.58. The van der Waals surface area contributed by atoms with E-state index in [0.717, 1.165) is 17.0 Å². The van der Waals surface area contributed by atoms with E-state index in [1.54, 1.807) is 20.1 Å². The molecule has 0 unspecified atom stereocenters. The molecule has 0 radical (unpaired) electrons. The number of hydrogen-bond acceptors (Lipinski definition) is 5. The summed E-state index contributed by atoms with van der Waals surface area (Å²) in [5.74, 6) is 1.85. The molecule has 120 valence electrons. The standard InChI is InChI=1S/C17H19N3O3/c1-10-7-14(19-11(2)18-10)17(21)20-13-8-12-5-4-6-15(22-3)16(12)23-9-13/h4-7,13H,8-9H2,1-3H3,(H,20,21)/t13-/m1/s1. The highest BCUT2D eigenvalue weighted by atomic mass is 16.5. The number of carbonyl (C=O) groups is 1. The van der Waals surface area contributed by atoms with E-state index in [-0.39, 0.29) is 11.9 Å². The number of amides is 1. The monoisotopic (exact) mass is 313 g/mol. The van der Waals surface area contributed by atoms with Gasteiger partial charge in [-0.15, -0.1) is 0 Å². The smallest absolute Gasteiger partial charge is 0.270 e. The first kappa shape index (κ1) is 15.3. The molecule has 1 aliphatic heterocycles. The Labute approximate surface area is 134 Å². The van der Waals surface area contributed by atoms with E-state index >= 15 is 0 Å². The maximum absolute atomic E-state index is 12.4. The predicted octanol–water partition coefficient (Wildman–Crippen LogP) is 1.84. The number of ether oxygens (including phenoxy) is 2. The van der Waals surface area contributed by atoms with Gasteiger partial charge in [-0.3, -0.25) is 4.79 Å². The quantitative estimate of drug-likeness (QED) is 0.936. The molecule has 0 fully saturated rings. The zero-order chi connectivity index (χ0) is 16.4. The van der Waals surface area contributed by atoms with Crippen molar-refractivity contribution in [2.45, 2.75) is 26.3 Å². The Kier molecular flexibility index (Phi) is 4.14. The van der Waals surface area contributed by atoms with Gasteiger partial charge in [0.2, 0.25) is 0 Å². The van der Waals surface area contributed by atoms with Gasteiger partial charge in [0.05, 0.1) is 13.2 Å². The molecule has 0 saturated carbocycles. The Morgan fingerprint density at radius 1 is 1.35 bits per heavy atom. The Balaban J connectivity index is 1.73. The molecule has 1 aromatic heterocycles. The van der Waals surface area contributed by atoms with Crippen LogP contribution in [0.4, 0.5) is 0 Å². The highest BCUT2D eigenvalue weighted by molar-refractivity contribution is 5.92. The van der Waals surface area contributed by atoms with E-state index < -0.39 is 0 Å². The Bertz CT molecular complexity index is 726. The van der Waals surface area contributed by atoms with Gasteiger partial charge in [-0.1, -0.05) is 12.1 Å². The van der Waals surface area contributed by atoms with E-state index in [0.29, 0.717) is 30.3 Å². The minimum atomic E-state index is -0.210. The molecule has 1 amide bonds. The van der Waals surface area contributed by atoms with Crippen LogP contribution in [0.25, 0.3) is 0 Å². The molecule has 1 aromatic carbocycles. The van der Waals surface area contributed by atoms with E-state index in [4.69, 9.17) is 9.47 Å².